The van der Waals surface area contributed by atoms with Crippen LogP contribution in [0.4, 0.5) is 8.78 Å². The average Bonchev–Trinajstić information content (AvgIpc) is 2.03. The fraction of sp³-hybridized carbons (Fsp3) is 0.556. The van der Waals surface area contributed by atoms with Crippen molar-refractivity contribution in [3.8, 4) is 0 Å². The smallest absolute Gasteiger partial charge is 0.267 e. The van der Waals surface area contributed by atoms with Crippen molar-refractivity contribution in [1.82, 2.24) is 0 Å². The molecule has 0 atom stereocenters. The first kappa shape index (κ1) is 11.9. The molecule has 0 saturated carbocycles. The molecule has 0 aliphatic rings. The summed E-state index contributed by atoms with van der Waals surface area (Å²) in [5.74, 6) is -0.0352. The van der Waals surface area contributed by atoms with Crippen LogP contribution in [0.25, 0.3) is 0 Å². The van der Waals surface area contributed by atoms with Gasteiger partial charge in [0.1, 0.15) is 0 Å². The van der Waals surface area contributed by atoms with Gasteiger partial charge in [-0.1, -0.05) is 13.8 Å². The van der Waals surface area contributed by atoms with Gasteiger partial charge in [-0.25, -0.2) is 8.78 Å². The lowest BCUT2D eigenvalue weighted by Gasteiger charge is -2.11. The van der Waals surface area contributed by atoms with Crippen molar-refractivity contribution in [3.63, 3.8) is 0 Å². The highest BCUT2D eigenvalue weighted by atomic mass is 19.3. The molecule has 0 rings (SSSR count). The maximum Gasteiger partial charge on any atom is 0.267 e. The van der Waals surface area contributed by atoms with E-state index in [-0.39, 0.29) is 11.5 Å². The first-order valence-electron chi connectivity index (χ1n) is 3.95. The van der Waals surface area contributed by atoms with Crippen molar-refractivity contribution >= 4 is 12.4 Å². The molecule has 0 amide bonds. The highest BCUT2D eigenvalue weighted by Crippen LogP contribution is 2.16. The van der Waals surface area contributed by atoms with Crippen LogP contribution >= 0.6 is 0 Å². The normalized spacial score (nSPS) is 14.1. The minimum absolute atomic E-state index is 0.0352. The molecular formula is C9H14F2N2. The number of nitrogens with zero attached hydrogens (tertiary/aromatic N) is 2. The van der Waals surface area contributed by atoms with Crippen molar-refractivity contribution in [2.45, 2.75) is 20.3 Å². The molecule has 0 aromatic rings. The Labute approximate surface area is 77.1 Å². The predicted octanol–water partition coefficient (Wildman–Crippen LogP) is 2.56. The molecule has 0 aliphatic carbocycles. The van der Waals surface area contributed by atoms with Gasteiger partial charge in [-0.05, 0) is 12.6 Å². The lowest BCUT2D eigenvalue weighted by molar-refractivity contribution is 0.196. The highest BCUT2D eigenvalue weighted by Gasteiger charge is 2.19. The molecule has 0 bridgehead atoms. The van der Waals surface area contributed by atoms with Gasteiger partial charge in [0.15, 0.2) is 0 Å². The van der Waals surface area contributed by atoms with Crippen molar-refractivity contribution in [2.75, 3.05) is 7.05 Å². The molecule has 0 saturated heterocycles. The summed E-state index contributed by atoms with van der Waals surface area (Å²) in [7, 11) is 1.49. The van der Waals surface area contributed by atoms with E-state index >= 15 is 0 Å². The van der Waals surface area contributed by atoms with Crippen molar-refractivity contribution in [1.29, 1.82) is 0 Å². The third-order valence-electron chi connectivity index (χ3n) is 1.55. The third-order valence-corrected chi connectivity index (χ3v) is 1.55. The Balaban J connectivity index is 4.93. The van der Waals surface area contributed by atoms with Gasteiger partial charge in [0.25, 0.3) is 6.43 Å². The van der Waals surface area contributed by atoms with E-state index in [4.69, 9.17) is 0 Å². The average molecular weight is 188 g/mol. The number of aliphatic imine (C=N–C) groups is 2. The molecule has 0 aromatic heterocycles. The molecule has 0 heterocycles. The molecule has 13 heavy (non-hydrogen) atoms. The SMILES string of the molecule is C=N/C=C(\C(=NC)C(C)C)C(F)F. The number of allylic oxidation sites excluding steroid dienone is 1. The maximum atomic E-state index is 12.4. The standard InChI is InChI=1S/C9H14F2N2/c1-6(2)8(13-4)7(5-12-3)9(10)11/h5-6,9H,3H2,1-2,4H3/b7-5+,13-8?. The molecule has 0 N–H and O–H groups in total. The van der Waals surface area contributed by atoms with E-state index in [2.05, 4.69) is 16.7 Å². The molecule has 0 spiro atoms. The summed E-state index contributed by atoms with van der Waals surface area (Å²) >= 11 is 0. The monoisotopic (exact) mass is 188 g/mol. The molecule has 0 fully saturated rings. The van der Waals surface area contributed by atoms with Gasteiger partial charge in [-0.2, -0.15) is 0 Å². The van der Waals surface area contributed by atoms with E-state index < -0.39 is 6.43 Å². The van der Waals surface area contributed by atoms with Crippen LogP contribution in [0.3, 0.4) is 0 Å². The van der Waals surface area contributed by atoms with E-state index in [0.29, 0.717) is 5.71 Å². The van der Waals surface area contributed by atoms with E-state index in [9.17, 15) is 8.78 Å². The quantitative estimate of drug-likeness (QED) is 0.606. The van der Waals surface area contributed by atoms with E-state index in [0.717, 1.165) is 6.20 Å². The summed E-state index contributed by atoms with van der Waals surface area (Å²) in [6, 6.07) is 0. The molecule has 0 aliphatic heterocycles. The van der Waals surface area contributed by atoms with Gasteiger partial charge in [0.2, 0.25) is 0 Å². The Morgan fingerprint density at radius 3 is 2.15 bits per heavy atom. The summed E-state index contributed by atoms with van der Waals surface area (Å²) in [6.45, 7) is 6.76. The number of rotatable bonds is 4. The Kier molecular flexibility index (Phi) is 5.11. The number of alkyl halides is 2. The summed E-state index contributed by atoms with van der Waals surface area (Å²) in [6.07, 6.45) is -1.49. The third kappa shape index (κ3) is 3.44. The Hall–Kier alpha value is -1.06. The second-order valence-electron chi connectivity index (χ2n) is 2.83. The second kappa shape index (κ2) is 5.56. The van der Waals surface area contributed by atoms with Gasteiger partial charge in [-0.3, -0.25) is 9.98 Å². The fourth-order valence-corrected chi connectivity index (χ4v) is 1.05. The van der Waals surface area contributed by atoms with E-state index in [1.807, 2.05) is 13.8 Å². The van der Waals surface area contributed by atoms with Crippen LogP contribution in [0.1, 0.15) is 13.8 Å². The van der Waals surface area contributed by atoms with Crippen molar-refractivity contribution in [3.05, 3.63) is 11.8 Å². The number of hydrogen-bond acceptors (Lipinski definition) is 2. The molecule has 2 nitrogen and oxygen atoms in total. The van der Waals surface area contributed by atoms with Gasteiger partial charge in [-0.15, -0.1) is 0 Å². The number of hydrogen-bond donors (Lipinski definition) is 0. The van der Waals surface area contributed by atoms with Crippen molar-refractivity contribution < 1.29 is 8.78 Å². The van der Waals surface area contributed by atoms with Gasteiger partial charge < -0.3 is 0 Å². The first-order valence-corrected chi connectivity index (χ1v) is 3.95. The molecule has 0 radical (unpaired) electrons. The molecule has 0 aromatic carbocycles. The van der Waals surface area contributed by atoms with Crippen LogP contribution in [-0.4, -0.2) is 25.9 Å². The Bertz CT molecular complexity index is 230. The first-order chi connectivity index (χ1) is 6.04. The summed E-state index contributed by atoms with van der Waals surface area (Å²) < 4.78 is 24.9. The number of halogens is 2. The largest absolute Gasteiger partial charge is 0.292 e. The van der Waals surface area contributed by atoms with Crippen LogP contribution in [0.15, 0.2) is 21.8 Å². The van der Waals surface area contributed by atoms with Gasteiger partial charge >= 0.3 is 0 Å². The Morgan fingerprint density at radius 2 is 1.92 bits per heavy atom. The van der Waals surface area contributed by atoms with Crippen molar-refractivity contribution in [2.24, 2.45) is 15.9 Å². The molecule has 4 heteroatoms. The second-order valence-corrected chi connectivity index (χ2v) is 2.83. The fourth-order valence-electron chi connectivity index (χ4n) is 1.05. The lowest BCUT2D eigenvalue weighted by atomic mass is 10.0. The highest BCUT2D eigenvalue weighted by molar-refractivity contribution is 6.01. The van der Waals surface area contributed by atoms with Gasteiger partial charge in [0.05, 0.1) is 5.57 Å². The summed E-state index contributed by atoms with van der Waals surface area (Å²) in [5.41, 5.74) is 0.231. The molecule has 74 valence electrons. The zero-order chi connectivity index (χ0) is 10.4. The van der Waals surface area contributed by atoms with Crippen LogP contribution < -0.4 is 0 Å². The minimum Gasteiger partial charge on any atom is -0.292 e. The van der Waals surface area contributed by atoms with Crippen LogP contribution in [0.5, 0.6) is 0 Å². The van der Waals surface area contributed by atoms with E-state index in [1.54, 1.807) is 0 Å². The van der Waals surface area contributed by atoms with Crippen LogP contribution in [0, 0.1) is 5.92 Å². The topological polar surface area (TPSA) is 24.7 Å². The van der Waals surface area contributed by atoms with Crippen LogP contribution in [0.2, 0.25) is 0 Å². The summed E-state index contributed by atoms with van der Waals surface area (Å²) in [5, 5.41) is 0. The van der Waals surface area contributed by atoms with Crippen LogP contribution in [-0.2, 0) is 0 Å². The van der Waals surface area contributed by atoms with Gasteiger partial charge in [0, 0.05) is 19.0 Å². The lowest BCUT2D eigenvalue weighted by Crippen LogP contribution is -2.16. The Morgan fingerprint density at radius 1 is 1.38 bits per heavy atom. The molecule has 0 unspecified atom stereocenters. The maximum absolute atomic E-state index is 12.4. The zero-order valence-electron chi connectivity index (χ0n) is 8.09. The van der Waals surface area contributed by atoms with E-state index in [1.165, 1.54) is 7.05 Å². The minimum atomic E-state index is -2.55. The molecular weight excluding hydrogens is 174 g/mol. The zero-order valence-corrected chi connectivity index (χ0v) is 8.09. The predicted molar refractivity (Wildman–Crippen MR) is 51.8 cm³/mol. The summed E-state index contributed by atoms with van der Waals surface area (Å²) in [4.78, 5) is 7.14.